The molecule has 4 nitrogen and oxygen atoms in total. The molecule has 4 heteroatoms. The maximum Gasteiger partial charge on any atom is 0.226 e. The van der Waals surface area contributed by atoms with Crippen LogP contribution >= 0.6 is 0 Å². The van der Waals surface area contributed by atoms with Crippen molar-refractivity contribution in [3.05, 3.63) is 30.5 Å². The average molecular weight is 241 g/mol. The third kappa shape index (κ3) is 1.79. The van der Waals surface area contributed by atoms with Gasteiger partial charge in [-0.2, -0.15) is 0 Å². The minimum absolute atomic E-state index is 0.0170. The highest BCUT2D eigenvalue weighted by molar-refractivity contribution is 6.05. The van der Waals surface area contributed by atoms with Gasteiger partial charge in [0, 0.05) is 17.3 Å². The minimum Gasteiger partial charge on any atom is -0.377 e. The van der Waals surface area contributed by atoms with Gasteiger partial charge in [0.15, 0.2) is 0 Å². The summed E-state index contributed by atoms with van der Waals surface area (Å²) in [6.07, 6.45) is 2.15. The van der Waals surface area contributed by atoms with Gasteiger partial charge in [-0.3, -0.25) is 9.78 Å². The van der Waals surface area contributed by atoms with E-state index in [4.69, 9.17) is 0 Å². The van der Waals surface area contributed by atoms with E-state index in [0.717, 1.165) is 22.3 Å². The molecule has 1 amide bonds. The molecule has 0 saturated heterocycles. The topological polar surface area (TPSA) is 54.0 Å². The monoisotopic (exact) mass is 241 g/mol. The van der Waals surface area contributed by atoms with Crippen molar-refractivity contribution >= 4 is 28.2 Å². The van der Waals surface area contributed by atoms with Crippen molar-refractivity contribution in [1.29, 1.82) is 0 Å². The summed E-state index contributed by atoms with van der Waals surface area (Å²) in [5, 5.41) is 7.39. The molecule has 0 radical (unpaired) electrons. The Bertz CT molecular complexity index is 634. The zero-order valence-corrected chi connectivity index (χ0v) is 10.4. The quantitative estimate of drug-likeness (QED) is 0.745. The SMILES string of the molecule is CC1(C)CC(=O)Nc2cnc3ccccc3c2N1. The summed E-state index contributed by atoms with van der Waals surface area (Å²) in [6, 6.07) is 7.92. The van der Waals surface area contributed by atoms with Crippen LogP contribution in [0.1, 0.15) is 20.3 Å². The number of hydrogen-bond donors (Lipinski definition) is 2. The predicted octanol–water partition coefficient (Wildman–Crippen LogP) is 2.77. The summed E-state index contributed by atoms with van der Waals surface area (Å²) in [5.74, 6) is 0.0170. The Kier molecular flexibility index (Phi) is 2.26. The van der Waals surface area contributed by atoms with Crippen molar-refractivity contribution < 1.29 is 4.79 Å². The molecule has 0 aliphatic carbocycles. The molecule has 3 rings (SSSR count). The van der Waals surface area contributed by atoms with E-state index in [1.165, 1.54) is 0 Å². The largest absolute Gasteiger partial charge is 0.377 e. The second-order valence-electron chi connectivity index (χ2n) is 5.30. The number of carbonyl (C=O) groups excluding carboxylic acids is 1. The normalized spacial score (nSPS) is 17.6. The first-order valence-electron chi connectivity index (χ1n) is 6.01. The maximum atomic E-state index is 11.8. The summed E-state index contributed by atoms with van der Waals surface area (Å²) >= 11 is 0. The number of carbonyl (C=O) groups is 1. The lowest BCUT2D eigenvalue weighted by Crippen LogP contribution is -2.32. The molecule has 2 heterocycles. The third-order valence-electron chi connectivity index (χ3n) is 3.12. The first-order valence-corrected chi connectivity index (χ1v) is 6.01. The van der Waals surface area contributed by atoms with Crippen LogP contribution in [0.15, 0.2) is 30.5 Å². The van der Waals surface area contributed by atoms with Crippen LogP contribution in [0, 0.1) is 0 Å². The van der Waals surface area contributed by atoms with Gasteiger partial charge in [-0.1, -0.05) is 18.2 Å². The van der Waals surface area contributed by atoms with Crippen LogP contribution in [0.2, 0.25) is 0 Å². The van der Waals surface area contributed by atoms with Crippen LogP contribution in [0.4, 0.5) is 11.4 Å². The minimum atomic E-state index is -0.264. The highest BCUT2D eigenvalue weighted by Gasteiger charge is 2.27. The van der Waals surface area contributed by atoms with Crippen molar-refractivity contribution in [1.82, 2.24) is 4.98 Å². The van der Waals surface area contributed by atoms with E-state index < -0.39 is 0 Å². The van der Waals surface area contributed by atoms with E-state index in [2.05, 4.69) is 15.6 Å². The van der Waals surface area contributed by atoms with Gasteiger partial charge in [-0.25, -0.2) is 0 Å². The number of rotatable bonds is 0. The molecule has 0 fully saturated rings. The van der Waals surface area contributed by atoms with Crippen molar-refractivity contribution in [3.63, 3.8) is 0 Å². The molecule has 1 aromatic carbocycles. The maximum absolute atomic E-state index is 11.8. The number of nitrogens with zero attached hydrogens (tertiary/aromatic N) is 1. The number of anilines is 2. The van der Waals surface area contributed by atoms with E-state index >= 15 is 0 Å². The lowest BCUT2D eigenvalue weighted by Gasteiger charge is -2.24. The number of hydrogen-bond acceptors (Lipinski definition) is 3. The number of benzene rings is 1. The van der Waals surface area contributed by atoms with Gasteiger partial charge in [0.2, 0.25) is 5.91 Å². The van der Waals surface area contributed by atoms with Crippen molar-refractivity contribution in [3.8, 4) is 0 Å². The van der Waals surface area contributed by atoms with Gasteiger partial charge in [0.25, 0.3) is 0 Å². The molecule has 0 bridgehead atoms. The molecule has 92 valence electrons. The Hall–Kier alpha value is -2.10. The van der Waals surface area contributed by atoms with E-state index in [1.54, 1.807) is 6.20 Å². The molecule has 1 aromatic heterocycles. The highest BCUT2D eigenvalue weighted by atomic mass is 16.1. The number of para-hydroxylation sites is 1. The van der Waals surface area contributed by atoms with Crippen LogP contribution in [0.25, 0.3) is 10.9 Å². The molecule has 2 aromatic rings. The summed E-state index contributed by atoms with van der Waals surface area (Å²) in [6.45, 7) is 4.05. The molecule has 2 N–H and O–H groups in total. The molecule has 1 aliphatic rings. The van der Waals surface area contributed by atoms with Crippen molar-refractivity contribution in [2.45, 2.75) is 25.8 Å². The fourth-order valence-corrected chi connectivity index (χ4v) is 2.35. The zero-order valence-electron chi connectivity index (χ0n) is 10.4. The summed E-state index contributed by atoms with van der Waals surface area (Å²) in [4.78, 5) is 16.2. The predicted molar refractivity (Wildman–Crippen MR) is 72.7 cm³/mol. The first-order chi connectivity index (χ1) is 8.55. The van der Waals surface area contributed by atoms with Gasteiger partial charge >= 0.3 is 0 Å². The van der Waals surface area contributed by atoms with Crippen LogP contribution < -0.4 is 10.6 Å². The molecular formula is C14H15N3O. The number of aromatic nitrogens is 1. The van der Waals surface area contributed by atoms with E-state index in [-0.39, 0.29) is 11.4 Å². The molecule has 1 aliphatic heterocycles. The molecule has 0 saturated carbocycles. The Morgan fingerprint density at radius 2 is 2.06 bits per heavy atom. The van der Waals surface area contributed by atoms with Gasteiger partial charge in [0.1, 0.15) is 0 Å². The Labute approximate surface area is 105 Å². The van der Waals surface area contributed by atoms with Crippen molar-refractivity contribution in [2.24, 2.45) is 0 Å². The smallest absolute Gasteiger partial charge is 0.226 e. The fraction of sp³-hybridized carbons (Fsp3) is 0.286. The van der Waals surface area contributed by atoms with Crippen LogP contribution in [0.5, 0.6) is 0 Å². The van der Waals surface area contributed by atoms with E-state index in [0.29, 0.717) is 6.42 Å². The third-order valence-corrected chi connectivity index (χ3v) is 3.12. The number of nitrogens with one attached hydrogen (secondary N) is 2. The van der Waals surface area contributed by atoms with E-state index in [1.807, 2.05) is 38.1 Å². The Morgan fingerprint density at radius 3 is 2.89 bits per heavy atom. The van der Waals surface area contributed by atoms with Gasteiger partial charge in [-0.05, 0) is 19.9 Å². The second kappa shape index (κ2) is 3.70. The second-order valence-corrected chi connectivity index (χ2v) is 5.30. The summed E-state index contributed by atoms with van der Waals surface area (Å²) in [5.41, 5.74) is 2.37. The first kappa shape index (κ1) is 11.0. The molecule has 0 atom stereocenters. The van der Waals surface area contributed by atoms with E-state index in [9.17, 15) is 4.79 Å². The lowest BCUT2D eigenvalue weighted by atomic mass is 10.00. The standard InChI is InChI=1S/C14H15N3O/c1-14(2)7-12(18)16-11-8-15-10-6-4-3-5-9(10)13(11)17-14/h3-6,8,17H,7H2,1-2H3,(H,16,18). The lowest BCUT2D eigenvalue weighted by molar-refractivity contribution is -0.116. The van der Waals surface area contributed by atoms with Crippen LogP contribution in [-0.4, -0.2) is 16.4 Å². The zero-order chi connectivity index (χ0) is 12.8. The summed E-state index contributed by atoms with van der Waals surface area (Å²) in [7, 11) is 0. The fourth-order valence-electron chi connectivity index (χ4n) is 2.35. The van der Waals surface area contributed by atoms with Crippen LogP contribution in [-0.2, 0) is 4.79 Å². The van der Waals surface area contributed by atoms with Gasteiger partial charge in [-0.15, -0.1) is 0 Å². The number of fused-ring (bicyclic) bond motifs is 3. The highest BCUT2D eigenvalue weighted by Crippen LogP contribution is 2.35. The molecular weight excluding hydrogens is 226 g/mol. The Morgan fingerprint density at radius 1 is 1.28 bits per heavy atom. The summed E-state index contributed by atoms with van der Waals surface area (Å²) < 4.78 is 0. The number of pyridine rings is 1. The van der Waals surface area contributed by atoms with Crippen molar-refractivity contribution in [2.75, 3.05) is 10.6 Å². The van der Waals surface area contributed by atoms with Gasteiger partial charge < -0.3 is 10.6 Å². The number of amides is 1. The van der Waals surface area contributed by atoms with Gasteiger partial charge in [0.05, 0.1) is 23.1 Å². The molecule has 0 spiro atoms. The Balaban J connectivity index is 2.26. The average Bonchev–Trinajstić information content (AvgIpc) is 2.42. The molecule has 0 unspecified atom stereocenters. The molecule has 18 heavy (non-hydrogen) atoms. The van der Waals surface area contributed by atoms with Crippen LogP contribution in [0.3, 0.4) is 0 Å².